The summed E-state index contributed by atoms with van der Waals surface area (Å²) in [5.74, 6) is -0.679. The maximum Gasteiger partial charge on any atom is 0.309 e. The number of fused-ring (bicyclic) bond motifs is 1. The molecule has 36 heavy (non-hydrogen) atoms. The van der Waals surface area contributed by atoms with Crippen LogP contribution in [0.2, 0.25) is 0 Å². The summed E-state index contributed by atoms with van der Waals surface area (Å²) in [4.78, 5) is 42.3. The second-order valence-electron chi connectivity index (χ2n) is 13.3. The molecule has 1 aliphatic heterocycles. The maximum absolute atomic E-state index is 14.2. The molecule has 8 atom stereocenters. The van der Waals surface area contributed by atoms with Gasteiger partial charge in [0.25, 0.3) is 0 Å². The normalized spacial score (nSPS) is 43.2. The number of nitrogens with zero attached hydrogens (tertiary/aromatic N) is 1. The van der Waals surface area contributed by atoms with Crippen LogP contribution in [0.1, 0.15) is 71.8 Å². The van der Waals surface area contributed by atoms with Crippen LogP contribution in [0, 0.1) is 58.7 Å². The quantitative estimate of drug-likeness (QED) is 0.417. The molecule has 0 radical (unpaired) electrons. The lowest BCUT2D eigenvalue weighted by Gasteiger charge is -2.68. The number of rotatable bonds is 3. The van der Waals surface area contributed by atoms with Crippen LogP contribution in [0.4, 0.5) is 5.69 Å². The minimum Gasteiger partial charge on any atom is -0.481 e. The predicted molar refractivity (Wildman–Crippen MR) is 138 cm³/mol. The number of aryl methyl sites for hydroxylation is 1. The van der Waals surface area contributed by atoms with Crippen molar-refractivity contribution in [3.63, 3.8) is 0 Å². The molecule has 2 amide bonds. The van der Waals surface area contributed by atoms with Gasteiger partial charge in [0.2, 0.25) is 11.8 Å². The van der Waals surface area contributed by atoms with E-state index in [4.69, 9.17) is 0 Å². The van der Waals surface area contributed by atoms with E-state index in [0.29, 0.717) is 11.6 Å². The van der Waals surface area contributed by atoms with Gasteiger partial charge in [-0.05, 0) is 87.2 Å². The Bertz CT molecular complexity index is 1180. The molecule has 1 N–H and O–H groups in total. The van der Waals surface area contributed by atoms with Gasteiger partial charge in [-0.15, -0.1) is 0 Å². The van der Waals surface area contributed by atoms with Crippen molar-refractivity contribution in [2.45, 2.75) is 73.1 Å². The first-order chi connectivity index (χ1) is 17.0. The van der Waals surface area contributed by atoms with Crippen LogP contribution in [0.3, 0.4) is 0 Å². The van der Waals surface area contributed by atoms with Crippen molar-refractivity contribution < 1.29 is 19.5 Å². The van der Waals surface area contributed by atoms with Gasteiger partial charge in [0.15, 0.2) is 0 Å². The molecule has 192 valence electrons. The van der Waals surface area contributed by atoms with E-state index in [2.05, 4.69) is 26.8 Å². The summed E-state index contributed by atoms with van der Waals surface area (Å²) >= 11 is 0. The zero-order valence-electron chi connectivity index (χ0n) is 22.2. The third-order valence-electron chi connectivity index (χ3n) is 11.5. The SMILES string of the molecule is Cc1ccc(N2C(=O)[C@@H]3[C@@H](C2=O)[C@]24C=C(C(C)C)[C@@H]3C[C@@H]2[C@]2(C)CCC[C@@](C)(C(=O)O)[C@@H]2CC4)cc1. The van der Waals surface area contributed by atoms with E-state index in [9.17, 15) is 19.5 Å². The van der Waals surface area contributed by atoms with Gasteiger partial charge in [-0.25, -0.2) is 0 Å². The van der Waals surface area contributed by atoms with Crippen molar-refractivity contribution in [1.29, 1.82) is 0 Å². The fraction of sp³-hybridized carbons (Fsp3) is 0.645. The number of carboxylic acid groups (broad SMARTS) is 1. The third-order valence-corrected chi connectivity index (χ3v) is 11.5. The molecule has 1 spiro atoms. The van der Waals surface area contributed by atoms with Crippen LogP contribution in [-0.2, 0) is 14.4 Å². The second kappa shape index (κ2) is 7.55. The number of benzene rings is 1. The Morgan fingerprint density at radius 3 is 2.36 bits per heavy atom. The third kappa shape index (κ3) is 2.80. The highest BCUT2D eigenvalue weighted by Crippen LogP contribution is 2.74. The Kier molecular flexibility index (Phi) is 5.02. The van der Waals surface area contributed by atoms with E-state index >= 15 is 0 Å². The summed E-state index contributed by atoms with van der Waals surface area (Å²) < 4.78 is 0. The molecular weight excluding hydrogens is 450 g/mol. The molecule has 2 bridgehead atoms. The average Bonchev–Trinajstić information content (AvgIpc) is 3.11. The second-order valence-corrected chi connectivity index (χ2v) is 13.3. The summed E-state index contributed by atoms with van der Waals surface area (Å²) in [5, 5.41) is 10.3. The molecule has 5 aliphatic carbocycles. The molecule has 6 aliphatic rings. The molecule has 1 saturated heterocycles. The zero-order valence-corrected chi connectivity index (χ0v) is 22.2. The van der Waals surface area contributed by atoms with Gasteiger partial charge in [0.05, 0.1) is 22.9 Å². The van der Waals surface area contributed by atoms with Gasteiger partial charge in [-0.1, -0.05) is 56.5 Å². The standard InChI is InChI=1S/C31H39NO4/c1-17(2)21-16-31-14-11-22-29(4,12-6-13-30(22,5)28(35)36)23(31)15-20(21)24-25(31)27(34)32(26(24)33)19-9-7-18(3)8-10-19/h7-10,16-17,20,22-25H,6,11-15H2,1-5H3,(H,35,36)/t20-,22+,23+,24-,25-,29+,30+,31+/m0/s1. The van der Waals surface area contributed by atoms with E-state index in [-0.39, 0.29) is 52.2 Å². The smallest absolute Gasteiger partial charge is 0.309 e. The van der Waals surface area contributed by atoms with Crippen molar-refractivity contribution >= 4 is 23.5 Å². The minimum atomic E-state index is -0.723. The Morgan fingerprint density at radius 2 is 1.72 bits per heavy atom. The Hall–Kier alpha value is -2.43. The van der Waals surface area contributed by atoms with Crippen LogP contribution >= 0.6 is 0 Å². The van der Waals surface area contributed by atoms with E-state index in [1.54, 1.807) is 0 Å². The summed E-state index contributed by atoms with van der Waals surface area (Å²) in [7, 11) is 0. The van der Waals surface area contributed by atoms with Gasteiger partial charge < -0.3 is 5.11 Å². The number of aliphatic carboxylic acids is 1. The number of carboxylic acids is 1. The first kappa shape index (κ1) is 23.9. The van der Waals surface area contributed by atoms with Crippen LogP contribution in [-0.4, -0.2) is 22.9 Å². The number of carbonyl (C=O) groups excluding carboxylic acids is 2. The highest BCUT2D eigenvalue weighted by molar-refractivity contribution is 6.23. The highest BCUT2D eigenvalue weighted by Gasteiger charge is 2.73. The molecule has 1 aromatic rings. The Balaban J connectivity index is 1.49. The topological polar surface area (TPSA) is 74.7 Å². The molecular formula is C31H39NO4. The number of imide groups is 1. The molecule has 1 heterocycles. The lowest BCUT2D eigenvalue weighted by molar-refractivity contribution is -0.194. The molecule has 4 fully saturated rings. The zero-order chi connectivity index (χ0) is 25.8. The van der Waals surface area contributed by atoms with Crippen molar-refractivity contribution in [2.75, 3.05) is 4.90 Å². The van der Waals surface area contributed by atoms with Gasteiger partial charge in [0.1, 0.15) is 0 Å². The number of hydrogen-bond acceptors (Lipinski definition) is 3. The lowest BCUT2D eigenvalue weighted by Crippen LogP contribution is -2.65. The van der Waals surface area contributed by atoms with Gasteiger partial charge in [-0.2, -0.15) is 0 Å². The van der Waals surface area contributed by atoms with Crippen molar-refractivity contribution in [3.05, 3.63) is 41.5 Å². The summed E-state index contributed by atoms with van der Waals surface area (Å²) in [6.45, 7) is 10.7. The predicted octanol–water partition coefficient (Wildman–Crippen LogP) is 6.01. The molecule has 5 nitrogen and oxygen atoms in total. The molecule has 0 unspecified atom stereocenters. The summed E-state index contributed by atoms with van der Waals surface area (Å²) in [6, 6.07) is 7.72. The number of amides is 2. The highest BCUT2D eigenvalue weighted by atomic mass is 16.4. The van der Waals surface area contributed by atoms with Crippen LogP contribution < -0.4 is 4.90 Å². The number of hydrogen-bond donors (Lipinski definition) is 1. The number of allylic oxidation sites excluding steroid dienone is 2. The molecule has 7 rings (SSSR count). The molecule has 3 saturated carbocycles. The average molecular weight is 490 g/mol. The van der Waals surface area contributed by atoms with E-state index in [1.165, 1.54) is 10.5 Å². The first-order valence-corrected chi connectivity index (χ1v) is 13.9. The van der Waals surface area contributed by atoms with Crippen molar-refractivity contribution in [1.82, 2.24) is 0 Å². The summed E-state index contributed by atoms with van der Waals surface area (Å²) in [5.41, 5.74) is 1.89. The monoisotopic (exact) mass is 489 g/mol. The Morgan fingerprint density at radius 1 is 1.03 bits per heavy atom. The first-order valence-electron chi connectivity index (χ1n) is 13.9. The van der Waals surface area contributed by atoms with Crippen molar-refractivity contribution in [3.8, 4) is 0 Å². The van der Waals surface area contributed by atoms with Gasteiger partial charge in [0, 0.05) is 5.41 Å². The summed E-state index contributed by atoms with van der Waals surface area (Å²) in [6.07, 6.45) is 7.58. The molecule has 5 heteroatoms. The number of carbonyl (C=O) groups is 3. The van der Waals surface area contributed by atoms with E-state index in [1.807, 2.05) is 38.1 Å². The largest absolute Gasteiger partial charge is 0.481 e. The van der Waals surface area contributed by atoms with Gasteiger partial charge in [-0.3, -0.25) is 19.3 Å². The van der Waals surface area contributed by atoms with Gasteiger partial charge >= 0.3 is 5.97 Å². The fourth-order valence-corrected chi connectivity index (χ4v) is 9.91. The Labute approximate surface area is 214 Å². The minimum absolute atomic E-state index is 0.0331. The molecule has 0 aromatic heterocycles. The van der Waals surface area contributed by atoms with Crippen LogP contribution in [0.25, 0.3) is 0 Å². The van der Waals surface area contributed by atoms with E-state index < -0.39 is 11.4 Å². The van der Waals surface area contributed by atoms with Crippen LogP contribution in [0.15, 0.2) is 35.9 Å². The van der Waals surface area contributed by atoms with Crippen LogP contribution in [0.5, 0.6) is 0 Å². The fourth-order valence-electron chi connectivity index (χ4n) is 9.91. The molecule has 1 aromatic carbocycles. The van der Waals surface area contributed by atoms with E-state index in [0.717, 1.165) is 44.1 Å². The number of anilines is 1. The maximum atomic E-state index is 14.2. The van der Waals surface area contributed by atoms with Crippen molar-refractivity contribution in [2.24, 2.45) is 51.8 Å². The lowest BCUT2D eigenvalue weighted by atomic mass is 9.34.